The minimum absolute atomic E-state index is 0.450. The fraction of sp³-hybridized carbons (Fsp3) is 0.368. The number of anilines is 1. The van der Waals surface area contributed by atoms with Crippen LogP contribution in [-0.2, 0) is 12.8 Å². The zero-order chi connectivity index (χ0) is 15.1. The summed E-state index contributed by atoms with van der Waals surface area (Å²) < 4.78 is 1.16. The Hall–Kier alpha value is -1.32. The molecule has 3 heteroatoms. The van der Waals surface area contributed by atoms with E-state index in [0.29, 0.717) is 18.0 Å². The topological polar surface area (TPSA) is 38.0 Å². The standard InChI is InChI=1S/C19H21BrN2/c20-15-5-1-4-13(10-15)19-14-7-8-16(22-19)11-17-12(9-14)3-2-6-18(17)21/h1-6,10,14,16,19,22H,7-9,11,21H2/t14-,16+,19-/m1/s1. The molecule has 1 saturated heterocycles. The summed E-state index contributed by atoms with van der Waals surface area (Å²) in [7, 11) is 0. The highest BCUT2D eigenvalue weighted by Crippen LogP contribution is 2.39. The lowest BCUT2D eigenvalue weighted by molar-refractivity contribution is 0.221. The maximum Gasteiger partial charge on any atom is 0.0354 e. The molecule has 0 spiro atoms. The monoisotopic (exact) mass is 356 g/mol. The van der Waals surface area contributed by atoms with E-state index in [-0.39, 0.29) is 0 Å². The molecule has 1 aliphatic carbocycles. The van der Waals surface area contributed by atoms with Crippen LogP contribution in [0.2, 0.25) is 0 Å². The molecular weight excluding hydrogens is 336 g/mol. The molecule has 0 saturated carbocycles. The van der Waals surface area contributed by atoms with Crippen molar-refractivity contribution in [3.63, 3.8) is 0 Å². The Morgan fingerprint density at radius 3 is 2.77 bits per heavy atom. The van der Waals surface area contributed by atoms with Gasteiger partial charge >= 0.3 is 0 Å². The van der Waals surface area contributed by atoms with Gasteiger partial charge in [0.1, 0.15) is 0 Å². The van der Waals surface area contributed by atoms with Gasteiger partial charge in [0.15, 0.2) is 0 Å². The number of benzene rings is 2. The molecule has 2 aromatic carbocycles. The lowest BCUT2D eigenvalue weighted by Gasteiger charge is -2.41. The number of nitrogen functional groups attached to an aromatic ring is 1. The summed E-state index contributed by atoms with van der Waals surface area (Å²) in [5.74, 6) is 0.645. The smallest absolute Gasteiger partial charge is 0.0354 e. The number of halogens is 1. The second-order valence-corrected chi connectivity index (χ2v) is 7.54. The third-order valence-corrected chi connectivity index (χ3v) is 5.72. The highest BCUT2D eigenvalue weighted by molar-refractivity contribution is 9.10. The van der Waals surface area contributed by atoms with Crippen LogP contribution in [0.1, 0.15) is 35.6 Å². The van der Waals surface area contributed by atoms with E-state index < -0.39 is 0 Å². The van der Waals surface area contributed by atoms with Gasteiger partial charge in [-0.2, -0.15) is 0 Å². The minimum atomic E-state index is 0.450. The first-order valence-electron chi connectivity index (χ1n) is 8.08. The Balaban J connectivity index is 1.72. The number of rotatable bonds is 1. The highest BCUT2D eigenvalue weighted by Gasteiger charge is 2.34. The van der Waals surface area contributed by atoms with Crippen molar-refractivity contribution in [3.8, 4) is 0 Å². The van der Waals surface area contributed by atoms with E-state index in [4.69, 9.17) is 5.73 Å². The van der Waals surface area contributed by atoms with Gasteiger partial charge in [0.2, 0.25) is 0 Å². The Labute approximate surface area is 140 Å². The molecule has 0 amide bonds. The van der Waals surface area contributed by atoms with Gasteiger partial charge in [-0.15, -0.1) is 0 Å². The van der Waals surface area contributed by atoms with Crippen LogP contribution in [0, 0.1) is 5.92 Å². The SMILES string of the molecule is Nc1cccc2c1C[C@@H]1CC[C@H](C2)[C@@H](c2cccc(Br)c2)N1. The van der Waals surface area contributed by atoms with Crippen LogP contribution in [0.5, 0.6) is 0 Å². The molecule has 2 aliphatic heterocycles. The minimum Gasteiger partial charge on any atom is -0.398 e. The zero-order valence-corrected chi connectivity index (χ0v) is 14.1. The quantitative estimate of drug-likeness (QED) is 0.750. The Morgan fingerprint density at radius 1 is 1.05 bits per heavy atom. The van der Waals surface area contributed by atoms with E-state index in [2.05, 4.69) is 57.6 Å². The summed E-state index contributed by atoms with van der Waals surface area (Å²) in [6.07, 6.45) is 4.72. The van der Waals surface area contributed by atoms with Crippen molar-refractivity contribution in [2.75, 3.05) is 5.73 Å². The predicted molar refractivity (Wildman–Crippen MR) is 94.8 cm³/mol. The lowest BCUT2D eigenvalue weighted by Crippen LogP contribution is -2.45. The molecule has 3 aliphatic rings. The molecule has 2 bridgehead atoms. The van der Waals surface area contributed by atoms with Gasteiger partial charge in [0.05, 0.1) is 0 Å². The van der Waals surface area contributed by atoms with Crippen LogP contribution in [0.25, 0.3) is 0 Å². The van der Waals surface area contributed by atoms with Crippen molar-refractivity contribution in [3.05, 3.63) is 63.6 Å². The average molecular weight is 357 g/mol. The second-order valence-electron chi connectivity index (χ2n) is 6.63. The van der Waals surface area contributed by atoms with Gasteiger partial charge in [-0.05, 0) is 66.5 Å². The van der Waals surface area contributed by atoms with Crippen molar-refractivity contribution < 1.29 is 0 Å². The molecular formula is C19H21BrN2. The van der Waals surface area contributed by atoms with Gasteiger partial charge in [-0.1, -0.05) is 40.2 Å². The number of fused-ring (bicyclic) bond motifs is 2. The Morgan fingerprint density at radius 2 is 1.91 bits per heavy atom. The van der Waals surface area contributed by atoms with Crippen LogP contribution in [-0.4, -0.2) is 6.04 Å². The lowest BCUT2D eigenvalue weighted by atomic mass is 9.75. The molecule has 2 nitrogen and oxygen atoms in total. The van der Waals surface area contributed by atoms with Crippen LogP contribution in [0.15, 0.2) is 46.9 Å². The fourth-order valence-electron chi connectivity index (χ4n) is 4.13. The van der Waals surface area contributed by atoms with Gasteiger partial charge in [0, 0.05) is 22.2 Å². The first-order chi connectivity index (χ1) is 10.7. The van der Waals surface area contributed by atoms with Crippen LogP contribution >= 0.6 is 15.9 Å². The Bertz CT molecular complexity index is 698. The number of hydrogen-bond donors (Lipinski definition) is 2. The summed E-state index contributed by atoms with van der Waals surface area (Å²) in [5, 5.41) is 3.89. The van der Waals surface area contributed by atoms with Crippen molar-refractivity contribution in [1.29, 1.82) is 0 Å². The van der Waals surface area contributed by atoms with Gasteiger partial charge in [-0.3, -0.25) is 0 Å². The average Bonchev–Trinajstić information content (AvgIpc) is 2.48. The molecule has 0 unspecified atom stereocenters. The number of nitrogens with two attached hydrogens (primary N) is 1. The van der Waals surface area contributed by atoms with Crippen LogP contribution < -0.4 is 11.1 Å². The van der Waals surface area contributed by atoms with E-state index in [0.717, 1.165) is 23.0 Å². The number of nitrogens with one attached hydrogen (secondary N) is 1. The van der Waals surface area contributed by atoms with Crippen molar-refractivity contribution >= 4 is 21.6 Å². The normalized spacial score (nSPS) is 27.0. The number of hydrogen-bond acceptors (Lipinski definition) is 2. The number of piperidine rings is 1. The largest absolute Gasteiger partial charge is 0.398 e. The first-order valence-corrected chi connectivity index (χ1v) is 8.88. The predicted octanol–water partition coefficient (Wildman–Crippen LogP) is 4.24. The molecule has 114 valence electrons. The third kappa shape index (κ3) is 2.57. The van der Waals surface area contributed by atoms with Crippen LogP contribution in [0.4, 0.5) is 5.69 Å². The van der Waals surface area contributed by atoms with E-state index >= 15 is 0 Å². The molecule has 1 fully saturated rings. The van der Waals surface area contributed by atoms with Crippen LogP contribution in [0.3, 0.4) is 0 Å². The summed E-state index contributed by atoms with van der Waals surface area (Å²) in [6.45, 7) is 0. The first kappa shape index (κ1) is 14.3. The van der Waals surface area contributed by atoms with E-state index in [1.807, 2.05) is 6.07 Å². The molecule has 22 heavy (non-hydrogen) atoms. The summed E-state index contributed by atoms with van der Waals surface area (Å²) in [6, 6.07) is 16.1. The van der Waals surface area contributed by atoms with E-state index in [1.54, 1.807) is 0 Å². The maximum atomic E-state index is 6.23. The zero-order valence-electron chi connectivity index (χ0n) is 12.6. The molecule has 3 atom stereocenters. The molecule has 2 aromatic rings. The molecule has 5 rings (SSSR count). The van der Waals surface area contributed by atoms with Crippen molar-refractivity contribution in [1.82, 2.24) is 5.32 Å². The Kier molecular flexibility index (Phi) is 3.71. The van der Waals surface area contributed by atoms with E-state index in [9.17, 15) is 0 Å². The molecule has 0 radical (unpaired) electrons. The molecule has 0 aromatic heterocycles. The maximum absolute atomic E-state index is 6.23. The third-order valence-electron chi connectivity index (χ3n) is 5.22. The second kappa shape index (κ2) is 5.71. The summed E-state index contributed by atoms with van der Waals surface area (Å²) >= 11 is 3.61. The van der Waals surface area contributed by atoms with Gasteiger partial charge in [-0.25, -0.2) is 0 Å². The summed E-state index contributed by atoms with van der Waals surface area (Å²) in [4.78, 5) is 0. The highest BCUT2D eigenvalue weighted by atomic mass is 79.9. The van der Waals surface area contributed by atoms with Crippen molar-refractivity contribution in [2.24, 2.45) is 5.92 Å². The summed E-state index contributed by atoms with van der Waals surface area (Å²) in [5.41, 5.74) is 11.4. The molecule has 2 heterocycles. The van der Waals surface area contributed by atoms with Gasteiger partial charge in [0.25, 0.3) is 0 Å². The molecule has 3 N–H and O–H groups in total. The fourth-order valence-corrected chi connectivity index (χ4v) is 4.55. The van der Waals surface area contributed by atoms with Gasteiger partial charge < -0.3 is 11.1 Å². The van der Waals surface area contributed by atoms with Crippen molar-refractivity contribution in [2.45, 2.75) is 37.8 Å². The van der Waals surface area contributed by atoms with E-state index in [1.165, 1.54) is 29.5 Å².